The second-order valence-corrected chi connectivity index (χ2v) is 6.53. The van der Waals surface area contributed by atoms with Gasteiger partial charge in [0, 0.05) is 12.6 Å². The normalized spacial score (nSPS) is 28.6. The van der Waals surface area contributed by atoms with Gasteiger partial charge in [0.05, 0.1) is 5.56 Å². The Kier molecular flexibility index (Phi) is 4.36. The first-order valence-corrected chi connectivity index (χ1v) is 8.01. The molecule has 2 fully saturated rings. The number of nitrogens with zero attached hydrogens (tertiary/aromatic N) is 1. The maximum Gasteiger partial charge on any atom is 0.416 e. The van der Waals surface area contributed by atoms with Crippen molar-refractivity contribution >= 4 is 5.97 Å². The van der Waals surface area contributed by atoms with Gasteiger partial charge < -0.3 is 5.11 Å². The lowest BCUT2D eigenvalue weighted by atomic mass is 9.84. The zero-order chi connectivity index (χ0) is 16.6. The number of fused-ring (bicyclic) bond motifs is 1. The zero-order valence-electron chi connectivity index (χ0n) is 12.7. The Hall–Kier alpha value is -1.56. The van der Waals surface area contributed by atoms with Crippen LogP contribution >= 0.6 is 0 Å². The third kappa shape index (κ3) is 3.22. The molecule has 0 unspecified atom stereocenters. The summed E-state index contributed by atoms with van der Waals surface area (Å²) >= 11 is 0. The van der Waals surface area contributed by atoms with Gasteiger partial charge >= 0.3 is 12.1 Å². The average molecular weight is 327 g/mol. The smallest absolute Gasteiger partial charge is 0.416 e. The summed E-state index contributed by atoms with van der Waals surface area (Å²) < 4.78 is 39.5. The molecule has 1 aromatic rings. The molecular formula is C17H20F3NO2. The molecule has 0 aromatic heterocycles. The molecule has 1 saturated heterocycles. The van der Waals surface area contributed by atoms with Crippen molar-refractivity contribution in [1.82, 2.24) is 4.90 Å². The van der Waals surface area contributed by atoms with E-state index in [-0.39, 0.29) is 18.2 Å². The number of rotatable bonds is 3. The summed E-state index contributed by atoms with van der Waals surface area (Å²) in [6.45, 7) is 0.0494. The Morgan fingerprint density at radius 1 is 1.22 bits per heavy atom. The standard InChI is InChI=1S/C17H20F3NO2/c18-17(19,20)13-7-3-1-6-12(13)10-21-14-8-4-2-5-11(14)9-15(21)16(22)23/h1,3,6-7,11,14-15H,2,4-5,8-10H2,(H,22,23)/t11-,14-,15-/m0/s1. The van der Waals surface area contributed by atoms with Gasteiger partial charge in [-0.25, -0.2) is 0 Å². The van der Waals surface area contributed by atoms with Crippen molar-refractivity contribution in [2.24, 2.45) is 5.92 Å². The average Bonchev–Trinajstić information content (AvgIpc) is 2.86. The number of aliphatic carboxylic acids is 1. The fourth-order valence-corrected chi connectivity index (χ4v) is 4.15. The van der Waals surface area contributed by atoms with Crippen molar-refractivity contribution in [3.8, 4) is 0 Å². The van der Waals surface area contributed by atoms with Crippen LogP contribution in [0.2, 0.25) is 0 Å². The number of hydrogen-bond donors (Lipinski definition) is 1. The van der Waals surface area contributed by atoms with Crippen molar-refractivity contribution in [3.05, 3.63) is 35.4 Å². The van der Waals surface area contributed by atoms with Gasteiger partial charge in [0.2, 0.25) is 0 Å². The molecule has 23 heavy (non-hydrogen) atoms. The fourth-order valence-electron chi connectivity index (χ4n) is 4.15. The summed E-state index contributed by atoms with van der Waals surface area (Å²) in [6, 6.07) is 4.89. The Labute approximate surface area is 133 Å². The molecule has 1 heterocycles. The van der Waals surface area contributed by atoms with Crippen LogP contribution in [0.25, 0.3) is 0 Å². The summed E-state index contributed by atoms with van der Waals surface area (Å²) in [5.41, 5.74) is -0.499. The van der Waals surface area contributed by atoms with E-state index in [4.69, 9.17) is 0 Å². The maximum absolute atomic E-state index is 13.2. The van der Waals surface area contributed by atoms with Crippen LogP contribution in [0.15, 0.2) is 24.3 Å². The van der Waals surface area contributed by atoms with Crippen molar-refractivity contribution in [2.45, 2.75) is 56.9 Å². The molecule has 0 bridgehead atoms. The molecule has 0 radical (unpaired) electrons. The topological polar surface area (TPSA) is 40.5 Å². The van der Waals surface area contributed by atoms with Gasteiger partial charge in [0.25, 0.3) is 0 Å². The third-order valence-electron chi connectivity index (χ3n) is 5.18. The van der Waals surface area contributed by atoms with Gasteiger partial charge in [-0.05, 0) is 36.8 Å². The molecule has 0 spiro atoms. The lowest BCUT2D eigenvalue weighted by molar-refractivity contribution is -0.143. The number of alkyl halides is 3. The first-order valence-electron chi connectivity index (χ1n) is 8.01. The molecule has 3 atom stereocenters. The minimum Gasteiger partial charge on any atom is -0.480 e. The van der Waals surface area contributed by atoms with E-state index in [2.05, 4.69) is 0 Å². The van der Waals surface area contributed by atoms with E-state index < -0.39 is 23.8 Å². The zero-order valence-corrected chi connectivity index (χ0v) is 12.7. The number of hydrogen-bond acceptors (Lipinski definition) is 2. The molecule has 2 aliphatic rings. The van der Waals surface area contributed by atoms with Crippen LogP contribution in [0.5, 0.6) is 0 Å². The van der Waals surface area contributed by atoms with E-state index in [1.54, 1.807) is 11.0 Å². The number of likely N-dealkylation sites (tertiary alicyclic amines) is 1. The minimum absolute atomic E-state index is 0.0494. The fraction of sp³-hybridized carbons (Fsp3) is 0.588. The summed E-state index contributed by atoms with van der Waals surface area (Å²) in [4.78, 5) is 13.4. The summed E-state index contributed by atoms with van der Waals surface area (Å²) in [5, 5.41) is 9.47. The Morgan fingerprint density at radius 2 is 1.91 bits per heavy atom. The predicted octanol–water partition coefficient (Wildman–Crippen LogP) is 3.92. The second kappa shape index (κ2) is 6.15. The SMILES string of the molecule is O=C(O)[C@@H]1C[C@@H]2CCCC[C@@H]2N1Cc1ccccc1C(F)(F)F. The molecule has 6 heteroatoms. The molecule has 1 aliphatic heterocycles. The maximum atomic E-state index is 13.2. The van der Waals surface area contributed by atoms with Crippen LogP contribution in [0.4, 0.5) is 13.2 Å². The highest BCUT2D eigenvalue weighted by atomic mass is 19.4. The van der Waals surface area contributed by atoms with Crippen LogP contribution < -0.4 is 0 Å². The summed E-state index contributed by atoms with van der Waals surface area (Å²) in [7, 11) is 0. The number of halogens is 3. The van der Waals surface area contributed by atoms with Gasteiger partial charge in [0.15, 0.2) is 0 Å². The van der Waals surface area contributed by atoms with Crippen LogP contribution in [-0.4, -0.2) is 28.1 Å². The lowest BCUT2D eigenvalue weighted by Crippen LogP contribution is -2.42. The lowest BCUT2D eigenvalue weighted by Gasteiger charge is -2.33. The van der Waals surface area contributed by atoms with E-state index in [0.717, 1.165) is 31.7 Å². The molecule has 1 saturated carbocycles. The first-order chi connectivity index (χ1) is 10.9. The highest BCUT2D eigenvalue weighted by Crippen LogP contribution is 2.41. The molecule has 1 N–H and O–H groups in total. The number of carbonyl (C=O) groups is 1. The Balaban J connectivity index is 1.89. The third-order valence-corrected chi connectivity index (χ3v) is 5.18. The van der Waals surface area contributed by atoms with Gasteiger partial charge in [-0.2, -0.15) is 13.2 Å². The van der Waals surface area contributed by atoms with Gasteiger partial charge in [-0.1, -0.05) is 31.0 Å². The summed E-state index contributed by atoms with van der Waals surface area (Å²) in [5.74, 6) is -0.633. The van der Waals surface area contributed by atoms with Crippen molar-refractivity contribution in [2.75, 3.05) is 0 Å². The predicted molar refractivity (Wildman–Crippen MR) is 78.8 cm³/mol. The highest BCUT2D eigenvalue weighted by molar-refractivity contribution is 5.74. The Morgan fingerprint density at radius 3 is 2.61 bits per heavy atom. The molecular weight excluding hydrogens is 307 g/mol. The van der Waals surface area contributed by atoms with E-state index in [1.807, 2.05) is 0 Å². The number of carboxylic acid groups (broad SMARTS) is 1. The molecule has 3 rings (SSSR count). The van der Waals surface area contributed by atoms with Crippen molar-refractivity contribution in [3.63, 3.8) is 0 Å². The van der Waals surface area contributed by atoms with Crippen LogP contribution in [-0.2, 0) is 17.5 Å². The van der Waals surface area contributed by atoms with E-state index in [9.17, 15) is 23.1 Å². The quantitative estimate of drug-likeness (QED) is 0.915. The molecule has 3 nitrogen and oxygen atoms in total. The monoisotopic (exact) mass is 327 g/mol. The molecule has 126 valence electrons. The van der Waals surface area contributed by atoms with E-state index in [0.29, 0.717) is 12.3 Å². The van der Waals surface area contributed by atoms with Crippen LogP contribution in [0.3, 0.4) is 0 Å². The van der Waals surface area contributed by atoms with Crippen LogP contribution in [0, 0.1) is 5.92 Å². The van der Waals surface area contributed by atoms with Crippen LogP contribution in [0.1, 0.15) is 43.2 Å². The largest absolute Gasteiger partial charge is 0.480 e. The first kappa shape index (κ1) is 16.3. The molecule has 1 aliphatic carbocycles. The molecule has 0 amide bonds. The number of benzene rings is 1. The van der Waals surface area contributed by atoms with Crippen molar-refractivity contribution < 1.29 is 23.1 Å². The highest BCUT2D eigenvalue weighted by Gasteiger charge is 2.45. The molecule has 1 aromatic carbocycles. The minimum atomic E-state index is -4.42. The Bertz CT molecular complexity index is 587. The van der Waals surface area contributed by atoms with Crippen molar-refractivity contribution in [1.29, 1.82) is 0 Å². The van der Waals surface area contributed by atoms with Gasteiger partial charge in [-0.3, -0.25) is 9.69 Å². The van der Waals surface area contributed by atoms with E-state index >= 15 is 0 Å². The number of carboxylic acids is 1. The summed E-state index contributed by atoms with van der Waals surface area (Å²) in [6.07, 6.45) is 0.0924. The van der Waals surface area contributed by atoms with E-state index in [1.165, 1.54) is 12.1 Å². The second-order valence-electron chi connectivity index (χ2n) is 6.53. The van der Waals surface area contributed by atoms with Gasteiger partial charge in [-0.15, -0.1) is 0 Å². The van der Waals surface area contributed by atoms with Gasteiger partial charge in [0.1, 0.15) is 6.04 Å².